The summed E-state index contributed by atoms with van der Waals surface area (Å²) in [4.78, 5) is 34.4. The van der Waals surface area contributed by atoms with E-state index in [1.54, 1.807) is 0 Å². The Morgan fingerprint density at radius 1 is 1.27 bits per heavy atom. The van der Waals surface area contributed by atoms with Gasteiger partial charge in [-0.2, -0.15) is 0 Å². The van der Waals surface area contributed by atoms with Gasteiger partial charge in [0.25, 0.3) is 0 Å². The fourth-order valence-corrected chi connectivity index (χ4v) is 1.86. The number of Topliss-reactive ketones (excluding diaryl/α,β-unsaturated/α-hetero) is 1. The van der Waals surface area contributed by atoms with Crippen molar-refractivity contribution in [1.82, 2.24) is 4.90 Å². The molecular weight excluding hydrogens is 198 g/mol. The highest BCUT2D eigenvalue weighted by Gasteiger charge is 2.31. The quantitative estimate of drug-likeness (QED) is 0.572. The molecule has 1 fully saturated rings. The van der Waals surface area contributed by atoms with Crippen molar-refractivity contribution >= 4 is 17.6 Å². The maximum atomic E-state index is 11.4. The molecule has 1 atom stereocenters. The lowest BCUT2D eigenvalue weighted by atomic mass is 10.2. The molecule has 0 spiro atoms. The summed E-state index contributed by atoms with van der Waals surface area (Å²) in [5.74, 6) is -1.07. The molecule has 4 N–H and O–H groups in total. The van der Waals surface area contributed by atoms with Crippen LogP contribution in [0.1, 0.15) is 19.3 Å². The van der Waals surface area contributed by atoms with Crippen molar-refractivity contribution in [3.8, 4) is 0 Å². The second-order valence-electron chi connectivity index (χ2n) is 3.71. The van der Waals surface area contributed by atoms with Crippen LogP contribution in [-0.2, 0) is 14.4 Å². The SMILES string of the molecule is NC(=O)CN(CC(N)=O)C1CCCC1=O. The van der Waals surface area contributed by atoms with E-state index in [1.807, 2.05) is 0 Å². The summed E-state index contributed by atoms with van der Waals surface area (Å²) >= 11 is 0. The van der Waals surface area contributed by atoms with Crippen molar-refractivity contribution in [3.05, 3.63) is 0 Å². The summed E-state index contributed by atoms with van der Waals surface area (Å²) in [7, 11) is 0. The van der Waals surface area contributed by atoms with Gasteiger partial charge in [-0.25, -0.2) is 0 Å². The number of primary amides is 2. The molecule has 1 aliphatic rings. The van der Waals surface area contributed by atoms with Crippen LogP contribution in [0.15, 0.2) is 0 Å². The minimum absolute atomic E-state index is 0.0532. The summed E-state index contributed by atoms with van der Waals surface area (Å²) in [6.07, 6.45) is 1.95. The zero-order chi connectivity index (χ0) is 11.4. The Morgan fingerprint density at radius 2 is 1.80 bits per heavy atom. The molecule has 0 aromatic heterocycles. The van der Waals surface area contributed by atoms with Crippen LogP contribution in [0.25, 0.3) is 0 Å². The van der Waals surface area contributed by atoms with Gasteiger partial charge in [-0.1, -0.05) is 0 Å². The summed E-state index contributed by atoms with van der Waals surface area (Å²) in [5.41, 5.74) is 10.1. The molecule has 15 heavy (non-hydrogen) atoms. The molecule has 1 aliphatic carbocycles. The lowest BCUT2D eigenvalue weighted by Crippen LogP contribution is -2.47. The van der Waals surface area contributed by atoms with Crippen LogP contribution in [0.5, 0.6) is 0 Å². The van der Waals surface area contributed by atoms with E-state index < -0.39 is 11.8 Å². The average Bonchev–Trinajstić information content (AvgIpc) is 2.48. The van der Waals surface area contributed by atoms with E-state index in [2.05, 4.69) is 0 Å². The molecular formula is C9H15N3O3. The zero-order valence-electron chi connectivity index (χ0n) is 8.44. The molecule has 1 rings (SSSR count). The number of carbonyl (C=O) groups excluding carboxylic acids is 3. The number of hydrogen-bond acceptors (Lipinski definition) is 4. The number of hydrogen-bond donors (Lipinski definition) is 2. The second kappa shape index (κ2) is 4.88. The maximum absolute atomic E-state index is 11.4. The molecule has 0 radical (unpaired) electrons. The summed E-state index contributed by atoms with van der Waals surface area (Å²) < 4.78 is 0. The molecule has 1 saturated carbocycles. The fraction of sp³-hybridized carbons (Fsp3) is 0.667. The number of rotatable bonds is 5. The number of ketones is 1. The van der Waals surface area contributed by atoms with Crippen LogP contribution in [0.4, 0.5) is 0 Å². The van der Waals surface area contributed by atoms with Crippen LogP contribution >= 0.6 is 0 Å². The van der Waals surface area contributed by atoms with Crippen molar-refractivity contribution < 1.29 is 14.4 Å². The van der Waals surface area contributed by atoms with Crippen LogP contribution in [0.3, 0.4) is 0 Å². The van der Waals surface area contributed by atoms with Gasteiger partial charge in [0, 0.05) is 6.42 Å². The van der Waals surface area contributed by atoms with Gasteiger partial charge < -0.3 is 11.5 Å². The first-order valence-electron chi connectivity index (χ1n) is 4.84. The highest BCUT2D eigenvalue weighted by molar-refractivity contribution is 5.88. The van der Waals surface area contributed by atoms with Crippen molar-refractivity contribution in [1.29, 1.82) is 0 Å². The molecule has 0 bridgehead atoms. The number of carbonyl (C=O) groups is 3. The van der Waals surface area contributed by atoms with Crippen molar-refractivity contribution in [2.45, 2.75) is 25.3 Å². The predicted octanol–water partition coefficient (Wildman–Crippen LogP) is -1.62. The van der Waals surface area contributed by atoms with Gasteiger partial charge in [0.05, 0.1) is 19.1 Å². The zero-order valence-corrected chi connectivity index (χ0v) is 8.44. The smallest absolute Gasteiger partial charge is 0.231 e. The highest BCUT2D eigenvalue weighted by Crippen LogP contribution is 2.19. The third-order valence-corrected chi connectivity index (χ3v) is 2.43. The first-order valence-corrected chi connectivity index (χ1v) is 4.84. The van der Waals surface area contributed by atoms with Crippen LogP contribution in [0, 0.1) is 0 Å². The van der Waals surface area contributed by atoms with E-state index in [1.165, 1.54) is 4.90 Å². The lowest BCUT2D eigenvalue weighted by molar-refractivity contribution is -0.126. The third-order valence-electron chi connectivity index (χ3n) is 2.43. The van der Waals surface area contributed by atoms with E-state index in [9.17, 15) is 14.4 Å². The monoisotopic (exact) mass is 213 g/mol. The minimum atomic E-state index is -0.559. The third kappa shape index (κ3) is 3.32. The first kappa shape index (κ1) is 11.6. The van der Waals surface area contributed by atoms with E-state index in [0.29, 0.717) is 12.8 Å². The van der Waals surface area contributed by atoms with Gasteiger partial charge in [0.1, 0.15) is 5.78 Å². The van der Waals surface area contributed by atoms with Gasteiger partial charge in [-0.3, -0.25) is 19.3 Å². The Hall–Kier alpha value is -1.43. The Balaban J connectivity index is 2.65. The van der Waals surface area contributed by atoms with Crippen LogP contribution < -0.4 is 11.5 Å². The maximum Gasteiger partial charge on any atom is 0.231 e. The summed E-state index contributed by atoms with van der Waals surface area (Å²) in [5, 5.41) is 0. The van der Waals surface area contributed by atoms with Crippen LogP contribution in [-0.4, -0.2) is 41.6 Å². The topological polar surface area (TPSA) is 106 Å². The summed E-state index contributed by atoms with van der Waals surface area (Å²) in [6.45, 7) is -0.196. The van der Waals surface area contributed by atoms with Gasteiger partial charge in [-0.15, -0.1) is 0 Å². The molecule has 2 amide bonds. The number of nitrogens with zero attached hydrogens (tertiary/aromatic N) is 1. The normalized spacial score (nSPS) is 20.9. The molecule has 84 valence electrons. The Kier molecular flexibility index (Phi) is 3.79. The number of amides is 2. The van der Waals surface area contributed by atoms with Gasteiger partial charge >= 0.3 is 0 Å². The molecule has 1 unspecified atom stereocenters. The van der Waals surface area contributed by atoms with E-state index in [0.717, 1.165) is 6.42 Å². The van der Waals surface area contributed by atoms with Crippen molar-refractivity contribution in [2.75, 3.05) is 13.1 Å². The highest BCUT2D eigenvalue weighted by atomic mass is 16.2. The Labute approximate surface area is 87.6 Å². The molecule has 6 nitrogen and oxygen atoms in total. The molecule has 0 saturated heterocycles. The largest absolute Gasteiger partial charge is 0.369 e. The van der Waals surface area contributed by atoms with E-state index >= 15 is 0 Å². The van der Waals surface area contributed by atoms with Crippen molar-refractivity contribution in [3.63, 3.8) is 0 Å². The molecule has 0 aliphatic heterocycles. The van der Waals surface area contributed by atoms with Crippen molar-refractivity contribution in [2.24, 2.45) is 11.5 Å². The first-order chi connectivity index (χ1) is 7.00. The van der Waals surface area contributed by atoms with Gasteiger partial charge in [0.15, 0.2) is 0 Å². The average molecular weight is 213 g/mol. The second-order valence-corrected chi connectivity index (χ2v) is 3.71. The number of nitrogens with two attached hydrogens (primary N) is 2. The Bertz CT molecular complexity index is 274. The molecule has 6 heteroatoms. The molecule has 0 aromatic carbocycles. The van der Waals surface area contributed by atoms with E-state index in [-0.39, 0.29) is 24.9 Å². The standard InChI is InChI=1S/C9H15N3O3/c10-8(14)4-12(5-9(11)15)6-2-1-3-7(6)13/h6H,1-5H2,(H2,10,14)(H2,11,15). The molecule has 0 aromatic rings. The Morgan fingerprint density at radius 3 is 2.13 bits per heavy atom. The van der Waals surface area contributed by atoms with E-state index in [4.69, 9.17) is 11.5 Å². The van der Waals surface area contributed by atoms with Gasteiger partial charge in [0.2, 0.25) is 11.8 Å². The van der Waals surface area contributed by atoms with Crippen LogP contribution in [0.2, 0.25) is 0 Å². The molecule has 0 heterocycles. The lowest BCUT2D eigenvalue weighted by Gasteiger charge is -2.24. The fourth-order valence-electron chi connectivity index (χ4n) is 1.86. The minimum Gasteiger partial charge on any atom is -0.369 e. The predicted molar refractivity (Wildman–Crippen MR) is 52.6 cm³/mol. The summed E-state index contributed by atoms with van der Waals surface area (Å²) in [6, 6.07) is -0.370. The van der Waals surface area contributed by atoms with Gasteiger partial charge in [-0.05, 0) is 12.8 Å².